The van der Waals surface area contributed by atoms with Gasteiger partial charge in [-0.1, -0.05) is 37.3 Å². The third kappa shape index (κ3) is 5.12. The lowest BCUT2D eigenvalue weighted by Crippen LogP contribution is -2.40. The molecule has 11 heteroatoms. The normalized spacial score (nSPS) is 15.4. The predicted octanol–water partition coefficient (Wildman–Crippen LogP) is 3.73. The average Bonchev–Trinajstić information content (AvgIpc) is 3.36. The molecular formula is C28H30FN7O3. The van der Waals surface area contributed by atoms with Gasteiger partial charge in [0, 0.05) is 31.6 Å². The van der Waals surface area contributed by atoms with Gasteiger partial charge in [0.25, 0.3) is 5.91 Å². The number of nitrogens with two attached hydrogens (primary N) is 1. The van der Waals surface area contributed by atoms with Crippen molar-refractivity contribution in [1.82, 2.24) is 30.0 Å². The fourth-order valence-electron chi connectivity index (χ4n) is 5.00. The molecule has 1 saturated heterocycles. The monoisotopic (exact) mass is 531 g/mol. The Morgan fingerprint density at radius 3 is 2.72 bits per heavy atom. The van der Waals surface area contributed by atoms with Crippen molar-refractivity contribution >= 4 is 28.7 Å². The van der Waals surface area contributed by atoms with Crippen LogP contribution in [0.4, 0.5) is 10.2 Å². The second-order valence-electron chi connectivity index (χ2n) is 9.44. The lowest BCUT2D eigenvalue weighted by Gasteiger charge is -2.32. The molecule has 3 N–H and O–H groups in total. The molecule has 1 aliphatic rings. The Bertz CT molecular complexity index is 1520. The van der Waals surface area contributed by atoms with Crippen LogP contribution in [0.3, 0.4) is 0 Å². The number of aromatic nitrogens is 4. The van der Waals surface area contributed by atoms with Crippen LogP contribution in [0.5, 0.6) is 5.75 Å². The van der Waals surface area contributed by atoms with Crippen molar-refractivity contribution in [3.05, 3.63) is 65.7 Å². The van der Waals surface area contributed by atoms with E-state index in [4.69, 9.17) is 15.6 Å². The fraction of sp³-hybridized carbons (Fsp3) is 0.321. The minimum atomic E-state index is -0.649. The second-order valence-corrected chi connectivity index (χ2v) is 9.44. The van der Waals surface area contributed by atoms with E-state index >= 15 is 0 Å². The molecule has 2 aromatic heterocycles. The molecule has 5 rings (SSSR count). The Hall–Kier alpha value is -4.54. The summed E-state index contributed by atoms with van der Waals surface area (Å²) < 4.78 is 21.2. The molecule has 202 valence electrons. The molecule has 0 unspecified atom stereocenters. The van der Waals surface area contributed by atoms with Gasteiger partial charge in [-0.15, -0.1) is 0 Å². The van der Waals surface area contributed by atoms with E-state index in [2.05, 4.69) is 15.3 Å². The Morgan fingerprint density at radius 1 is 1.18 bits per heavy atom. The van der Waals surface area contributed by atoms with E-state index in [1.165, 1.54) is 31.6 Å². The summed E-state index contributed by atoms with van der Waals surface area (Å²) in [6, 6.07) is 11.7. The third-order valence-corrected chi connectivity index (χ3v) is 7.02. The summed E-state index contributed by atoms with van der Waals surface area (Å²) in [6.45, 7) is 3.37. The number of amides is 2. The lowest BCUT2D eigenvalue weighted by molar-refractivity contribution is -0.132. The molecule has 39 heavy (non-hydrogen) atoms. The summed E-state index contributed by atoms with van der Waals surface area (Å²) in [6.07, 6.45) is 3.65. The van der Waals surface area contributed by atoms with Gasteiger partial charge < -0.3 is 20.7 Å². The maximum Gasteiger partial charge on any atom is 0.258 e. The zero-order valence-electron chi connectivity index (χ0n) is 21.9. The molecule has 1 aliphatic heterocycles. The van der Waals surface area contributed by atoms with Gasteiger partial charge in [0.05, 0.1) is 18.5 Å². The first kappa shape index (κ1) is 26.1. The van der Waals surface area contributed by atoms with Crippen LogP contribution >= 0.6 is 0 Å². The quantitative estimate of drug-likeness (QED) is 0.372. The zero-order chi connectivity index (χ0) is 27.5. The van der Waals surface area contributed by atoms with Gasteiger partial charge in [-0.2, -0.15) is 5.10 Å². The number of benzene rings is 2. The van der Waals surface area contributed by atoms with Crippen LogP contribution in [-0.2, 0) is 11.3 Å². The molecule has 1 fully saturated rings. The number of hydrogen-bond acceptors (Lipinski definition) is 7. The molecule has 0 spiro atoms. The highest BCUT2D eigenvalue weighted by Gasteiger charge is 2.28. The largest absolute Gasteiger partial charge is 0.496 e. The van der Waals surface area contributed by atoms with Crippen LogP contribution in [0.2, 0.25) is 0 Å². The Labute approximate surface area is 225 Å². The first-order valence-corrected chi connectivity index (χ1v) is 12.9. The number of hydrogen-bond donors (Lipinski definition) is 2. The molecule has 2 amide bonds. The van der Waals surface area contributed by atoms with Crippen molar-refractivity contribution in [2.45, 2.75) is 38.8 Å². The van der Waals surface area contributed by atoms with Crippen molar-refractivity contribution in [1.29, 1.82) is 0 Å². The van der Waals surface area contributed by atoms with E-state index in [1.54, 1.807) is 0 Å². The molecule has 0 saturated carbocycles. The van der Waals surface area contributed by atoms with Crippen molar-refractivity contribution in [3.63, 3.8) is 0 Å². The predicted molar refractivity (Wildman–Crippen MR) is 144 cm³/mol. The fourth-order valence-corrected chi connectivity index (χ4v) is 5.00. The topological polar surface area (TPSA) is 128 Å². The van der Waals surface area contributed by atoms with Gasteiger partial charge in [-0.3, -0.25) is 9.59 Å². The highest BCUT2D eigenvalue weighted by Crippen LogP contribution is 2.34. The molecule has 0 radical (unpaired) electrons. The standard InChI is InChI=1S/C28H30FN7O3/c1-3-22(37)35-13-5-6-19(15-35)36-27-24(26(30)32-16-33-27)25(34-36)18-11-9-17(10-12-18)14-31-28(38)23-20(29)7-4-8-21(23)39-2/h4,7-12,16,19H,3,5-6,13-15H2,1-2H3,(H,31,38)(H2,30,32,33)/t19-/m1/s1. The van der Waals surface area contributed by atoms with E-state index in [-0.39, 0.29) is 29.8 Å². The van der Waals surface area contributed by atoms with Crippen LogP contribution in [-0.4, -0.2) is 56.7 Å². The number of ether oxygens (including phenoxy) is 1. The highest BCUT2D eigenvalue weighted by atomic mass is 19.1. The number of nitrogen functional groups attached to an aromatic ring is 1. The van der Waals surface area contributed by atoms with Crippen molar-refractivity contribution in [3.8, 4) is 17.0 Å². The number of fused-ring (bicyclic) bond motifs is 1. The summed E-state index contributed by atoms with van der Waals surface area (Å²) in [5, 5.41) is 8.31. The molecule has 10 nitrogen and oxygen atoms in total. The molecule has 3 heterocycles. The number of nitrogens with one attached hydrogen (secondary N) is 1. The summed E-state index contributed by atoms with van der Waals surface area (Å²) in [7, 11) is 1.39. The van der Waals surface area contributed by atoms with Gasteiger partial charge in [0.15, 0.2) is 5.65 Å². The number of methoxy groups -OCH3 is 1. The van der Waals surface area contributed by atoms with E-state index in [0.29, 0.717) is 35.5 Å². The SMILES string of the molecule is CCC(=O)N1CCC[C@@H](n2nc(-c3ccc(CNC(=O)c4c(F)cccc4OC)cc3)c3c(N)ncnc32)C1. The smallest absolute Gasteiger partial charge is 0.258 e. The summed E-state index contributed by atoms with van der Waals surface area (Å²) in [5.41, 5.74) is 9.05. The van der Waals surface area contributed by atoms with E-state index in [0.717, 1.165) is 30.5 Å². The number of nitrogens with zero attached hydrogens (tertiary/aromatic N) is 5. The van der Waals surface area contributed by atoms with Crippen LogP contribution < -0.4 is 15.8 Å². The minimum absolute atomic E-state index is 0.0235. The molecule has 0 aliphatic carbocycles. The minimum Gasteiger partial charge on any atom is -0.496 e. The molecule has 1 atom stereocenters. The van der Waals surface area contributed by atoms with E-state index in [9.17, 15) is 14.0 Å². The first-order chi connectivity index (χ1) is 18.9. The zero-order valence-corrected chi connectivity index (χ0v) is 21.9. The van der Waals surface area contributed by atoms with Gasteiger partial charge in [-0.25, -0.2) is 19.0 Å². The lowest BCUT2D eigenvalue weighted by atomic mass is 10.1. The van der Waals surface area contributed by atoms with E-state index in [1.807, 2.05) is 40.8 Å². The highest BCUT2D eigenvalue weighted by molar-refractivity contribution is 5.98. The number of anilines is 1. The van der Waals surface area contributed by atoms with Crippen LogP contribution in [0.25, 0.3) is 22.3 Å². The number of carbonyl (C=O) groups is 2. The molecule has 2 aromatic carbocycles. The van der Waals surface area contributed by atoms with Crippen LogP contribution in [0.1, 0.15) is 48.1 Å². The van der Waals surface area contributed by atoms with Crippen molar-refractivity contribution in [2.75, 3.05) is 25.9 Å². The van der Waals surface area contributed by atoms with Gasteiger partial charge >= 0.3 is 0 Å². The van der Waals surface area contributed by atoms with E-state index < -0.39 is 11.7 Å². The maximum atomic E-state index is 14.2. The van der Waals surface area contributed by atoms with Gasteiger partial charge in [0.2, 0.25) is 5.91 Å². The van der Waals surface area contributed by atoms with Crippen molar-refractivity contribution in [2.24, 2.45) is 0 Å². The van der Waals surface area contributed by atoms with Crippen LogP contribution in [0.15, 0.2) is 48.8 Å². The Morgan fingerprint density at radius 2 is 1.97 bits per heavy atom. The summed E-state index contributed by atoms with van der Waals surface area (Å²) in [5.74, 6) is -0.586. The number of rotatable bonds is 7. The number of likely N-dealkylation sites (tertiary alicyclic amines) is 1. The Kier molecular flexibility index (Phi) is 7.40. The third-order valence-electron chi connectivity index (χ3n) is 7.02. The maximum absolute atomic E-state index is 14.2. The second kappa shape index (κ2) is 11.1. The number of halogens is 1. The molecule has 4 aromatic rings. The number of piperidine rings is 1. The van der Waals surface area contributed by atoms with Crippen molar-refractivity contribution < 1.29 is 18.7 Å². The first-order valence-electron chi connectivity index (χ1n) is 12.9. The average molecular weight is 532 g/mol. The van der Waals surface area contributed by atoms with Crippen LogP contribution in [0, 0.1) is 5.82 Å². The van der Waals surface area contributed by atoms with Gasteiger partial charge in [-0.05, 0) is 30.5 Å². The number of carbonyl (C=O) groups excluding carboxylic acids is 2. The summed E-state index contributed by atoms with van der Waals surface area (Å²) >= 11 is 0. The molecular weight excluding hydrogens is 501 g/mol. The Balaban J connectivity index is 1.39. The van der Waals surface area contributed by atoms with Gasteiger partial charge in [0.1, 0.15) is 35.0 Å². The molecule has 0 bridgehead atoms. The summed E-state index contributed by atoms with van der Waals surface area (Å²) in [4.78, 5) is 35.5.